The van der Waals surface area contributed by atoms with Gasteiger partial charge in [0.2, 0.25) is 12.7 Å². The van der Waals surface area contributed by atoms with Gasteiger partial charge in [-0.3, -0.25) is 9.59 Å². The van der Waals surface area contributed by atoms with Crippen LogP contribution in [0.1, 0.15) is 41.0 Å². The summed E-state index contributed by atoms with van der Waals surface area (Å²) in [6.45, 7) is 7.10. The predicted molar refractivity (Wildman–Crippen MR) is 106 cm³/mol. The number of fused-ring (bicyclic) bond motifs is 1. The van der Waals surface area contributed by atoms with Crippen LogP contribution in [-0.2, 0) is 33.7 Å². The molecule has 2 rings (SSSR count). The molecular weight excluding hydrogens is 416 g/mol. The predicted octanol–water partition coefficient (Wildman–Crippen LogP) is -0.296. The number of nitrogens with zero attached hydrogens (tertiary/aromatic N) is 1. The van der Waals surface area contributed by atoms with E-state index in [1.165, 1.54) is 18.7 Å². The zero-order valence-corrected chi connectivity index (χ0v) is 18.7. The Balaban J connectivity index is 2.24. The van der Waals surface area contributed by atoms with Crippen LogP contribution in [0, 0.1) is 11.3 Å². The van der Waals surface area contributed by atoms with Crippen molar-refractivity contribution < 1.29 is 37.4 Å². The van der Waals surface area contributed by atoms with Crippen molar-refractivity contribution in [2.45, 2.75) is 58.4 Å². The smallest absolute Gasteiger partial charge is 0.357 e. The summed E-state index contributed by atoms with van der Waals surface area (Å²) in [7, 11) is -3.66. The summed E-state index contributed by atoms with van der Waals surface area (Å²) in [4.78, 5) is 38.1. The lowest BCUT2D eigenvalue weighted by molar-refractivity contribution is -0.175. The van der Waals surface area contributed by atoms with Crippen LogP contribution in [0.4, 0.5) is 0 Å². The van der Waals surface area contributed by atoms with Gasteiger partial charge in [-0.2, -0.15) is 0 Å². The largest absolute Gasteiger partial charge is 0.427 e. The summed E-state index contributed by atoms with van der Waals surface area (Å²) in [5.41, 5.74) is 4.74. The number of β-lactam (4-membered cyclic amide) rings is 1. The quantitative estimate of drug-likeness (QED) is 0.291. The maximum Gasteiger partial charge on any atom is 0.357 e. The van der Waals surface area contributed by atoms with Crippen LogP contribution in [-0.4, -0.2) is 72.8 Å². The number of aliphatic hydroxyl groups is 1. The van der Waals surface area contributed by atoms with Crippen LogP contribution >= 0.6 is 0 Å². The third kappa shape index (κ3) is 4.68. The molecule has 1 amide bonds. The highest BCUT2D eigenvalue weighted by Gasteiger charge is 2.57. The van der Waals surface area contributed by atoms with E-state index in [2.05, 4.69) is 0 Å². The first-order chi connectivity index (χ1) is 13.7. The maximum absolute atomic E-state index is 12.7. The molecule has 4 unspecified atom stereocenters. The number of ether oxygens (including phenoxy) is 2. The van der Waals surface area contributed by atoms with E-state index in [0.717, 1.165) is 0 Å². The highest BCUT2D eigenvalue weighted by Crippen LogP contribution is 2.44. The van der Waals surface area contributed by atoms with Crippen molar-refractivity contribution in [3.8, 4) is 0 Å². The summed E-state index contributed by atoms with van der Waals surface area (Å²) in [5, 5.41) is 9.04. The van der Waals surface area contributed by atoms with E-state index in [1.807, 2.05) is 0 Å². The van der Waals surface area contributed by atoms with Gasteiger partial charge in [0.15, 0.2) is 9.84 Å². The minimum absolute atomic E-state index is 0.0828. The second-order valence-corrected chi connectivity index (χ2v) is 11.2. The zero-order chi connectivity index (χ0) is 23.0. The lowest BCUT2D eigenvalue weighted by Crippen LogP contribution is -2.61. The molecule has 2 heterocycles. The molecule has 2 aliphatic heterocycles. The van der Waals surface area contributed by atoms with Crippen LogP contribution in [0.2, 0.25) is 0 Å². The number of hydrogen-bond acceptors (Lipinski definition) is 9. The van der Waals surface area contributed by atoms with E-state index < -0.39 is 69.0 Å². The molecular formula is C19H30N2O8S. The van der Waals surface area contributed by atoms with E-state index in [-0.39, 0.29) is 24.2 Å². The summed E-state index contributed by atoms with van der Waals surface area (Å²) < 4.78 is 35.0. The number of rotatable bonds is 8. The number of carbonyl (C=O) groups excluding carboxylic acids is 3. The lowest BCUT2D eigenvalue weighted by atomic mass is 9.83. The average molecular weight is 447 g/mol. The number of aliphatic hydroxyl groups excluding tert-OH is 1. The molecule has 30 heavy (non-hydrogen) atoms. The van der Waals surface area contributed by atoms with Gasteiger partial charge in [0.05, 0.1) is 34.5 Å². The van der Waals surface area contributed by atoms with Crippen molar-refractivity contribution in [2.75, 3.05) is 19.1 Å². The Kier molecular flexibility index (Phi) is 6.99. The molecule has 0 spiro atoms. The number of carbonyl (C=O) groups is 3. The molecule has 0 saturated carbocycles. The van der Waals surface area contributed by atoms with Crippen LogP contribution < -0.4 is 5.73 Å². The summed E-state index contributed by atoms with van der Waals surface area (Å²) >= 11 is 0. The first-order valence-corrected chi connectivity index (χ1v) is 11.4. The van der Waals surface area contributed by atoms with Crippen LogP contribution in [0.5, 0.6) is 0 Å². The number of amides is 1. The van der Waals surface area contributed by atoms with Crippen LogP contribution in [0.3, 0.4) is 0 Å². The number of nitrogens with two attached hydrogens (primary N) is 1. The van der Waals surface area contributed by atoms with Gasteiger partial charge in [0.25, 0.3) is 0 Å². The summed E-state index contributed by atoms with van der Waals surface area (Å²) in [6.07, 6.45) is -0.813. The van der Waals surface area contributed by atoms with Gasteiger partial charge in [0.1, 0.15) is 5.70 Å². The van der Waals surface area contributed by atoms with Gasteiger partial charge in [-0.1, -0.05) is 0 Å². The summed E-state index contributed by atoms with van der Waals surface area (Å²) in [6, 6.07) is -0.518. The van der Waals surface area contributed by atoms with E-state index in [9.17, 15) is 27.9 Å². The molecule has 1 fully saturated rings. The second-order valence-electron chi connectivity index (χ2n) is 8.78. The SMILES string of the molecule is CC(O)C1C(=O)N2C(C(=O)OCOC(=O)C(C)(C)C)=C(CS(=O)(=O)C(C)CN)CC12. The minimum atomic E-state index is -3.66. The molecule has 170 valence electrons. The number of esters is 2. The Morgan fingerprint density at radius 2 is 1.87 bits per heavy atom. The molecule has 0 aromatic heterocycles. The first kappa shape index (κ1) is 24.3. The molecule has 0 aromatic rings. The third-order valence-corrected chi connectivity index (χ3v) is 7.50. The highest BCUT2D eigenvalue weighted by atomic mass is 32.2. The van der Waals surface area contributed by atoms with Gasteiger partial charge in [0, 0.05) is 6.54 Å². The first-order valence-electron chi connectivity index (χ1n) is 9.71. The molecule has 0 aliphatic carbocycles. The van der Waals surface area contributed by atoms with Crippen LogP contribution in [0.25, 0.3) is 0 Å². The molecule has 0 bridgehead atoms. The standard InChI is InChI=1S/C19H30N2O8S/c1-10(7-20)30(26,27)8-12-6-13-14(11(2)22)16(23)21(13)15(12)17(24)28-9-29-18(25)19(3,4)5/h10-11,13-14,22H,6-9,20H2,1-5H3. The van der Waals surface area contributed by atoms with Crippen molar-refractivity contribution in [1.82, 2.24) is 4.90 Å². The molecule has 11 heteroatoms. The lowest BCUT2D eigenvalue weighted by Gasteiger charge is -2.44. The second kappa shape index (κ2) is 8.64. The van der Waals surface area contributed by atoms with Crippen molar-refractivity contribution >= 4 is 27.7 Å². The van der Waals surface area contributed by atoms with Gasteiger partial charge >= 0.3 is 11.9 Å². The topological polar surface area (TPSA) is 153 Å². The Bertz CT molecular complexity index is 856. The maximum atomic E-state index is 12.7. The molecule has 3 N–H and O–H groups in total. The molecule has 0 radical (unpaired) electrons. The molecule has 4 atom stereocenters. The van der Waals surface area contributed by atoms with Crippen molar-refractivity contribution in [3.63, 3.8) is 0 Å². The van der Waals surface area contributed by atoms with Gasteiger partial charge in [-0.05, 0) is 46.6 Å². The van der Waals surface area contributed by atoms with Crippen molar-refractivity contribution in [1.29, 1.82) is 0 Å². The fraction of sp³-hybridized carbons (Fsp3) is 0.737. The molecule has 2 aliphatic rings. The van der Waals surface area contributed by atoms with E-state index in [4.69, 9.17) is 15.2 Å². The van der Waals surface area contributed by atoms with Crippen molar-refractivity contribution in [3.05, 3.63) is 11.3 Å². The van der Waals surface area contributed by atoms with Crippen molar-refractivity contribution in [2.24, 2.45) is 17.1 Å². The monoisotopic (exact) mass is 446 g/mol. The fourth-order valence-corrected chi connectivity index (χ4v) is 4.75. The van der Waals surface area contributed by atoms with E-state index in [0.29, 0.717) is 0 Å². The number of hydrogen-bond donors (Lipinski definition) is 2. The molecule has 10 nitrogen and oxygen atoms in total. The Morgan fingerprint density at radius 3 is 2.37 bits per heavy atom. The Labute approximate surface area is 176 Å². The highest BCUT2D eigenvalue weighted by molar-refractivity contribution is 7.92. The normalized spacial score (nSPS) is 23.6. The van der Waals surface area contributed by atoms with Gasteiger partial charge < -0.3 is 25.2 Å². The third-order valence-electron chi connectivity index (χ3n) is 5.33. The average Bonchev–Trinajstić information content (AvgIpc) is 2.92. The minimum Gasteiger partial charge on any atom is -0.427 e. The molecule has 0 aromatic carbocycles. The van der Waals surface area contributed by atoms with Gasteiger partial charge in [-0.15, -0.1) is 0 Å². The molecule has 1 saturated heterocycles. The van der Waals surface area contributed by atoms with Gasteiger partial charge in [-0.25, -0.2) is 13.2 Å². The van der Waals surface area contributed by atoms with E-state index >= 15 is 0 Å². The Hall–Kier alpha value is -1.98. The van der Waals surface area contributed by atoms with E-state index in [1.54, 1.807) is 20.8 Å². The number of sulfone groups is 1. The summed E-state index contributed by atoms with van der Waals surface area (Å²) in [5.74, 6) is -3.19. The fourth-order valence-electron chi connectivity index (χ4n) is 3.43. The van der Waals surface area contributed by atoms with Crippen LogP contribution in [0.15, 0.2) is 11.3 Å². The Morgan fingerprint density at radius 1 is 1.27 bits per heavy atom. The zero-order valence-electron chi connectivity index (χ0n) is 17.9.